The standard InChI is InChI=1S/C8H7IS2/c1-4-3-10-7-5(2)8(9)11-6(4)7/h3H,1-2H3. The molecule has 2 rings (SSSR count). The van der Waals surface area contributed by atoms with Gasteiger partial charge in [0.05, 0.1) is 2.88 Å². The highest BCUT2D eigenvalue weighted by molar-refractivity contribution is 14.1. The first-order valence-corrected chi connectivity index (χ1v) is 6.10. The fourth-order valence-corrected chi connectivity index (χ4v) is 4.46. The summed E-state index contributed by atoms with van der Waals surface area (Å²) in [7, 11) is 0. The minimum atomic E-state index is 1.43. The summed E-state index contributed by atoms with van der Waals surface area (Å²) >= 11 is 6.19. The molecule has 0 spiro atoms. The molecule has 58 valence electrons. The van der Waals surface area contributed by atoms with E-state index in [1.807, 2.05) is 22.7 Å². The predicted octanol–water partition coefficient (Wildman–Crippen LogP) is 4.18. The molecule has 0 fully saturated rings. The minimum Gasteiger partial charge on any atom is -0.142 e. The third-order valence-electron chi connectivity index (χ3n) is 1.75. The summed E-state index contributed by atoms with van der Waals surface area (Å²) < 4.78 is 4.40. The topological polar surface area (TPSA) is 0 Å². The van der Waals surface area contributed by atoms with Crippen LogP contribution >= 0.6 is 45.3 Å². The molecule has 2 heterocycles. The van der Waals surface area contributed by atoms with Gasteiger partial charge in [0.15, 0.2) is 0 Å². The Hall–Kier alpha value is 0.390. The van der Waals surface area contributed by atoms with Crippen LogP contribution < -0.4 is 0 Å². The smallest absolute Gasteiger partial charge is 0.0703 e. The van der Waals surface area contributed by atoms with Crippen LogP contribution in [0, 0.1) is 16.7 Å². The summed E-state index contributed by atoms with van der Waals surface area (Å²) in [6.07, 6.45) is 0. The van der Waals surface area contributed by atoms with Crippen LogP contribution in [0.1, 0.15) is 11.1 Å². The molecule has 0 unspecified atom stereocenters. The van der Waals surface area contributed by atoms with Crippen molar-refractivity contribution in [2.75, 3.05) is 0 Å². The molecule has 0 amide bonds. The molecule has 0 aliphatic heterocycles. The van der Waals surface area contributed by atoms with Crippen molar-refractivity contribution < 1.29 is 0 Å². The first kappa shape index (κ1) is 8.01. The van der Waals surface area contributed by atoms with E-state index in [0.717, 1.165) is 0 Å². The largest absolute Gasteiger partial charge is 0.142 e. The van der Waals surface area contributed by atoms with Gasteiger partial charge in [0.25, 0.3) is 0 Å². The molecule has 0 aromatic carbocycles. The summed E-state index contributed by atoms with van der Waals surface area (Å²) in [5, 5.41) is 2.24. The zero-order chi connectivity index (χ0) is 8.01. The SMILES string of the molecule is Cc1csc2c(C)c(I)sc12. The van der Waals surface area contributed by atoms with Gasteiger partial charge < -0.3 is 0 Å². The van der Waals surface area contributed by atoms with Crippen LogP contribution in [-0.2, 0) is 0 Å². The number of halogens is 1. The molecular formula is C8H7IS2. The highest BCUT2D eigenvalue weighted by Crippen LogP contribution is 2.37. The molecule has 0 saturated carbocycles. The average Bonchev–Trinajstić information content (AvgIpc) is 2.43. The molecule has 2 aromatic rings. The van der Waals surface area contributed by atoms with Crippen molar-refractivity contribution in [3.63, 3.8) is 0 Å². The van der Waals surface area contributed by atoms with Crippen LogP contribution in [0.15, 0.2) is 5.38 Å². The van der Waals surface area contributed by atoms with Gasteiger partial charge in [-0.05, 0) is 52.9 Å². The van der Waals surface area contributed by atoms with E-state index < -0.39 is 0 Å². The van der Waals surface area contributed by atoms with E-state index in [1.54, 1.807) is 0 Å². The Morgan fingerprint density at radius 1 is 1.27 bits per heavy atom. The Morgan fingerprint density at radius 2 is 2.00 bits per heavy atom. The number of thiophene rings is 2. The van der Waals surface area contributed by atoms with E-state index in [4.69, 9.17) is 0 Å². The van der Waals surface area contributed by atoms with Gasteiger partial charge in [-0.25, -0.2) is 0 Å². The Balaban J connectivity index is 2.93. The third-order valence-corrected chi connectivity index (χ3v) is 5.78. The Labute approximate surface area is 87.4 Å². The van der Waals surface area contributed by atoms with Crippen LogP contribution in [0.4, 0.5) is 0 Å². The van der Waals surface area contributed by atoms with Gasteiger partial charge in [0.1, 0.15) is 0 Å². The van der Waals surface area contributed by atoms with Crippen molar-refractivity contribution >= 4 is 54.7 Å². The highest BCUT2D eigenvalue weighted by atomic mass is 127. The summed E-state index contributed by atoms with van der Waals surface area (Å²) in [6, 6.07) is 0. The van der Waals surface area contributed by atoms with Gasteiger partial charge in [-0.2, -0.15) is 0 Å². The van der Waals surface area contributed by atoms with Gasteiger partial charge >= 0.3 is 0 Å². The Morgan fingerprint density at radius 3 is 2.64 bits per heavy atom. The van der Waals surface area contributed by atoms with Crippen molar-refractivity contribution in [2.24, 2.45) is 0 Å². The summed E-state index contributed by atoms with van der Waals surface area (Å²) in [4.78, 5) is 0. The van der Waals surface area contributed by atoms with E-state index in [0.29, 0.717) is 0 Å². The molecule has 0 radical (unpaired) electrons. The first-order valence-electron chi connectivity index (χ1n) is 3.33. The molecule has 0 N–H and O–H groups in total. The van der Waals surface area contributed by atoms with E-state index in [9.17, 15) is 0 Å². The Bertz CT molecular complexity index is 397. The van der Waals surface area contributed by atoms with Crippen LogP contribution in [-0.4, -0.2) is 0 Å². The molecule has 0 saturated heterocycles. The van der Waals surface area contributed by atoms with Crippen LogP contribution in [0.3, 0.4) is 0 Å². The highest BCUT2D eigenvalue weighted by Gasteiger charge is 2.08. The fourth-order valence-electron chi connectivity index (χ4n) is 1.07. The van der Waals surface area contributed by atoms with Crippen molar-refractivity contribution in [1.82, 2.24) is 0 Å². The van der Waals surface area contributed by atoms with Crippen LogP contribution in [0.5, 0.6) is 0 Å². The fraction of sp³-hybridized carbons (Fsp3) is 0.250. The van der Waals surface area contributed by atoms with Gasteiger partial charge in [-0.3, -0.25) is 0 Å². The monoisotopic (exact) mass is 294 g/mol. The van der Waals surface area contributed by atoms with E-state index in [2.05, 4.69) is 41.8 Å². The number of hydrogen-bond acceptors (Lipinski definition) is 2. The van der Waals surface area contributed by atoms with E-state index >= 15 is 0 Å². The number of rotatable bonds is 0. The van der Waals surface area contributed by atoms with Gasteiger partial charge in [0.2, 0.25) is 0 Å². The maximum absolute atomic E-state index is 2.42. The first-order chi connectivity index (χ1) is 5.20. The lowest BCUT2D eigenvalue weighted by atomic mass is 10.3. The van der Waals surface area contributed by atoms with E-state index in [-0.39, 0.29) is 0 Å². The number of hydrogen-bond donors (Lipinski definition) is 0. The lowest BCUT2D eigenvalue weighted by Crippen LogP contribution is -1.62. The molecule has 0 bridgehead atoms. The number of aryl methyl sites for hydroxylation is 2. The second kappa shape index (κ2) is 2.71. The van der Waals surface area contributed by atoms with Crippen molar-refractivity contribution in [1.29, 1.82) is 0 Å². The zero-order valence-electron chi connectivity index (χ0n) is 6.27. The second-order valence-electron chi connectivity index (χ2n) is 2.58. The lowest BCUT2D eigenvalue weighted by Gasteiger charge is -1.81. The van der Waals surface area contributed by atoms with Crippen molar-refractivity contribution in [3.05, 3.63) is 19.4 Å². The zero-order valence-corrected chi connectivity index (χ0v) is 10.1. The molecule has 0 nitrogen and oxygen atoms in total. The molecule has 0 aliphatic rings. The van der Waals surface area contributed by atoms with Gasteiger partial charge in [-0.1, -0.05) is 0 Å². The summed E-state index contributed by atoms with van der Waals surface area (Å²) in [5.74, 6) is 0. The number of fused-ring (bicyclic) bond motifs is 1. The lowest BCUT2D eigenvalue weighted by molar-refractivity contribution is 1.58. The second-order valence-corrected chi connectivity index (χ2v) is 6.29. The van der Waals surface area contributed by atoms with Crippen molar-refractivity contribution in [3.8, 4) is 0 Å². The maximum atomic E-state index is 2.42. The van der Waals surface area contributed by atoms with Crippen LogP contribution in [0.25, 0.3) is 9.40 Å². The quantitative estimate of drug-likeness (QED) is 0.639. The Kier molecular flexibility index (Phi) is 1.97. The molecule has 0 aliphatic carbocycles. The predicted molar refractivity (Wildman–Crippen MR) is 61.9 cm³/mol. The average molecular weight is 294 g/mol. The normalized spacial score (nSPS) is 11.2. The molecule has 2 aromatic heterocycles. The molecule has 3 heteroatoms. The van der Waals surface area contributed by atoms with Crippen LogP contribution in [0.2, 0.25) is 0 Å². The summed E-state index contributed by atoms with van der Waals surface area (Å²) in [5.41, 5.74) is 2.89. The van der Waals surface area contributed by atoms with E-state index in [1.165, 1.54) is 23.4 Å². The van der Waals surface area contributed by atoms with Crippen molar-refractivity contribution in [2.45, 2.75) is 13.8 Å². The van der Waals surface area contributed by atoms with Gasteiger partial charge in [0, 0.05) is 9.40 Å². The third kappa shape index (κ3) is 1.13. The molecular weight excluding hydrogens is 287 g/mol. The maximum Gasteiger partial charge on any atom is 0.0703 e. The minimum absolute atomic E-state index is 1.43. The molecule has 11 heavy (non-hydrogen) atoms. The van der Waals surface area contributed by atoms with Gasteiger partial charge in [-0.15, -0.1) is 22.7 Å². The summed E-state index contributed by atoms with van der Waals surface area (Å²) in [6.45, 7) is 4.39. The molecule has 0 atom stereocenters.